The molecule has 0 fully saturated rings. The molecule has 1 aliphatic rings. The van der Waals surface area contributed by atoms with Crippen molar-refractivity contribution in [2.24, 2.45) is 0 Å². The first-order valence-electron chi connectivity index (χ1n) is 6.27. The van der Waals surface area contributed by atoms with E-state index in [9.17, 15) is 10.2 Å². The fourth-order valence-corrected chi connectivity index (χ4v) is 3.07. The average molecular weight is 240 g/mol. The number of phenolic OH excluding ortho intramolecular Hbond substituents is 2. The van der Waals surface area contributed by atoms with Gasteiger partial charge in [0, 0.05) is 17.0 Å². The molecular weight excluding hydrogens is 224 g/mol. The van der Waals surface area contributed by atoms with Gasteiger partial charge in [-0.1, -0.05) is 24.3 Å². The SMILES string of the molecule is Cc1cccc(O)c1C1CCc2cccc(O)c21. The van der Waals surface area contributed by atoms with Gasteiger partial charge in [0.1, 0.15) is 11.5 Å². The standard InChI is InChI=1S/C16H16O2/c1-10-4-2-6-13(17)15(10)12-9-8-11-5-3-7-14(18)16(11)12/h2-7,12,17-18H,8-9H2,1H3. The van der Waals surface area contributed by atoms with Crippen LogP contribution in [0.1, 0.15) is 34.6 Å². The van der Waals surface area contributed by atoms with E-state index in [-0.39, 0.29) is 5.92 Å². The lowest BCUT2D eigenvalue weighted by Gasteiger charge is -2.17. The summed E-state index contributed by atoms with van der Waals surface area (Å²) in [5, 5.41) is 20.1. The maximum atomic E-state index is 10.1. The molecule has 18 heavy (non-hydrogen) atoms. The minimum Gasteiger partial charge on any atom is -0.508 e. The third kappa shape index (κ3) is 1.57. The van der Waals surface area contributed by atoms with E-state index in [0.29, 0.717) is 11.5 Å². The van der Waals surface area contributed by atoms with E-state index < -0.39 is 0 Å². The Bertz CT molecular complexity index is 582. The molecule has 0 saturated heterocycles. The third-order valence-electron chi connectivity index (χ3n) is 3.87. The van der Waals surface area contributed by atoms with Crippen LogP contribution in [0.15, 0.2) is 36.4 Å². The van der Waals surface area contributed by atoms with Crippen LogP contribution in [-0.2, 0) is 6.42 Å². The summed E-state index contributed by atoms with van der Waals surface area (Å²) in [6.07, 6.45) is 1.91. The van der Waals surface area contributed by atoms with Crippen molar-refractivity contribution in [1.29, 1.82) is 0 Å². The van der Waals surface area contributed by atoms with E-state index in [1.54, 1.807) is 12.1 Å². The second kappa shape index (κ2) is 4.05. The zero-order chi connectivity index (χ0) is 12.7. The van der Waals surface area contributed by atoms with Crippen molar-refractivity contribution in [1.82, 2.24) is 0 Å². The van der Waals surface area contributed by atoms with Crippen molar-refractivity contribution < 1.29 is 10.2 Å². The molecule has 0 saturated carbocycles. The van der Waals surface area contributed by atoms with E-state index in [0.717, 1.165) is 29.5 Å². The second-order valence-electron chi connectivity index (χ2n) is 4.95. The van der Waals surface area contributed by atoms with Gasteiger partial charge in [0.25, 0.3) is 0 Å². The Morgan fingerprint density at radius 2 is 1.61 bits per heavy atom. The quantitative estimate of drug-likeness (QED) is 0.801. The number of rotatable bonds is 1. The molecule has 0 spiro atoms. The van der Waals surface area contributed by atoms with E-state index in [2.05, 4.69) is 6.07 Å². The van der Waals surface area contributed by atoms with Gasteiger partial charge in [0.2, 0.25) is 0 Å². The number of aromatic hydroxyl groups is 2. The van der Waals surface area contributed by atoms with Crippen molar-refractivity contribution >= 4 is 0 Å². The molecule has 2 aromatic carbocycles. The first kappa shape index (κ1) is 11.1. The number of aryl methyl sites for hydroxylation is 2. The van der Waals surface area contributed by atoms with Crippen LogP contribution >= 0.6 is 0 Å². The van der Waals surface area contributed by atoms with Gasteiger partial charge in [-0.05, 0) is 43.0 Å². The van der Waals surface area contributed by atoms with Crippen molar-refractivity contribution in [3.05, 3.63) is 58.7 Å². The number of phenols is 2. The molecule has 2 N–H and O–H groups in total. The van der Waals surface area contributed by atoms with Gasteiger partial charge in [0.15, 0.2) is 0 Å². The van der Waals surface area contributed by atoms with Crippen molar-refractivity contribution in [2.45, 2.75) is 25.7 Å². The minimum atomic E-state index is 0.113. The zero-order valence-electron chi connectivity index (χ0n) is 10.4. The lowest BCUT2D eigenvalue weighted by atomic mass is 9.88. The summed E-state index contributed by atoms with van der Waals surface area (Å²) < 4.78 is 0. The summed E-state index contributed by atoms with van der Waals surface area (Å²) in [7, 11) is 0. The highest BCUT2D eigenvalue weighted by Crippen LogP contribution is 2.46. The molecule has 0 aliphatic heterocycles. The molecule has 0 heterocycles. The molecule has 0 amide bonds. The molecule has 1 atom stereocenters. The molecular formula is C16H16O2. The van der Waals surface area contributed by atoms with Gasteiger partial charge < -0.3 is 10.2 Å². The molecule has 92 valence electrons. The van der Waals surface area contributed by atoms with Crippen LogP contribution in [0.4, 0.5) is 0 Å². The summed E-state index contributed by atoms with van der Waals surface area (Å²) in [5.41, 5.74) is 4.22. The minimum absolute atomic E-state index is 0.113. The summed E-state index contributed by atoms with van der Waals surface area (Å²) >= 11 is 0. The Labute approximate surface area is 107 Å². The van der Waals surface area contributed by atoms with Crippen molar-refractivity contribution in [3.63, 3.8) is 0 Å². The van der Waals surface area contributed by atoms with E-state index in [1.807, 2.05) is 25.1 Å². The maximum absolute atomic E-state index is 10.1. The summed E-state index contributed by atoms with van der Waals surface area (Å²) in [6, 6.07) is 11.3. The lowest BCUT2D eigenvalue weighted by Crippen LogP contribution is -2.00. The number of hydrogen-bond acceptors (Lipinski definition) is 2. The van der Waals surface area contributed by atoms with Crippen LogP contribution in [0.2, 0.25) is 0 Å². The predicted molar refractivity (Wildman–Crippen MR) is 71.1 cm³/mol. The number of benzene rings is 2. The normalized spacial score (nSPS) is 17.7. The van der Waals surface area contributed by atoms with E-state index in [4.69, 9.17) is 0 Å². The van der Waals surface area contributed by atoms with E-state index >= 15 is 0 Å². The number of hydrogen-bond donors (Lipinski definition) is 2. The van der Waals surface area contributed by atoms with Crippen molar-refractivity contribution in [2.75, 3.05) is 0 Å². The monoisotopic (exact) mass is 240 g/mol. The number of fused-ring (bicyclic) bond motifs is 1. The Morgan fingerprint density at radius 1 is 0.944 bits per heavy atom. The fraction of sp³-hybridized carbons (Fsp3) is 0.250. The largest absolute Gasteiger partial charge is 0.508 e. The Hall–Kier alpha value is -1.96. The Kier molecular flexibility index (Phi) is 2.51. The van der Waals surface area contributed by atoms with Crippen LogP contribution in [0.5, 0.6) is 11.5 Å². The molecule has 2 nitrogen and oxygen atoms in total. The third-order valence-corrected chi connectivity index (χ3v) is 3.87. The molecule has 1 aliphatic carbocycles. The first-order valence-corrected chi connectivity index (χ1v) is 6.27. The first-order chi connectivity index (χ1) is 8.68. The summed E-state index contributed by atoms with van der Waals surface area (Å²) in [5.74, 6) is 0.788. The smallest absolute Gasteiger partial charge is 0.119 e. The molecule has 1 unspecified atom stereocenters. The molecule has 3 rings (SSSR count). The highest BCUT2D eigenvalue weighted by Gasteiger charge is 2.29. The zero-order valence-corrected chi connectivity index (χ0v) is 10.4. The molecule has 0 aromatic heterocycles. The molecule has 0 bridgehead atoms. The second-order valence-corrected chi connectivity index (χ2v) is 4.95. The van der Waals surface area contributed by atoms with Crippen LogP contribution < -0.4 is 0 Å². The Morgan fingerprint density at radius 3 is 2.33 bits per heavy atom. The maximum Gasteiger partial charge on any atom is 0.119 e. The highest BCUT2D eigenvalue weighted by atomic mass is 16.3. The van der Waals surface area contributed by atoms with Crippen LogP contribution in [-0.4, -0.2) is 10.2 Å². The Balaban J connectivity index is 2.18. The van der Waals surface area contributed by atoms with Gasteiger partial charge in [-0.15, -0.1) is 0 Å². The topological polar surface area (TPSA) is 40.5 Å². The predicted octanol–water partition coefficient (Wildman–Crippen LogP) is 3.48. The van der Waals surface area contributed by atoms with Gasteiger partial charge in [-0.25, -0.2) is 0 Å². The molecule has 2 heteroatoms. The van der Waals surface area contributed by atoms with Gasteiger partial charge >= 0.3 is 0 Å². The summed E-state index contributed by atoms with van der Waals surface area (Å²) in [6.45, 7) is 2.01. The van der Waals surface area contributed by atoms with Crippen LogP contribution in [0, 0.1) is 6.92 Å². The lowest BCUT2D eigenvalue weighted by molar-refractivity contribution is 0.455. The van der Waals surface area contributed by atoms with Crippen LogP contribution in [0.25, 0.3) is 0 Å². The van der Waals surface area contributed by atoms with Crippen LogP contribution in [0.3, 0.4) is 0 Å². The van der Waals surface area contributed by atoms with Gasteiger partial charge in [-0.2, -0.15) is 0 Å². The highest BCUT2D eigenvalue weighted by molar-refractivity contribution is 5.54. The van der Waals surface area contributed by atoms with Gasteiger partial charge in [-0.3, -0.25) is 0 Å². The average Bonchev–Trinajstić information content (AvgIpc) is 2.74. The van der Waals surface area contributed by atoms with Crippen molar-refractivity contribution in [3.8, 4) is 11.5 Å². The summed E-state index contributed by atoms with van der Waals surface area (Å²) in [4.78, 5) is 0. The van der Waals surface area contributed by atoms with Gasteiger partial charge in [0.05, 0.1) is 0 Å². The molecule has 2 aromatic rings. The van der Waals surface area contributed by atoms with E-state index in [1.165, 1.54) is 5.56 Å². The fourth-order valence-electron chi connectivity index (χ4n) is 3.07. The molecule has 0 radical (unpaired) electrons.